The number of halogens is 1. The fraction of sp³-hybridized carbons (Fsp3) is 0. The molecule has 2 N–H and O–H groups in total. The van der Waals surface area contributed by atoms with E-state index in [0.717, 1.165) is 4.47 Å². The Bertz CT molecular complexity index is 478. The van der Waals surface area contributed by atoms with Gasteiger partial charge >= 0.3 is 5.91 Å². The topological polar surface area (TPSA) is 69.1 Å². The quantitative estimate of drug-likeness (QED) is 0.825. The molecule has 0 aliphatic carbocycles. The third-order valence-electron chi connectivity index (χ3n) is 1.58. The number of oxazole rings is 1. The molecule has 5 heteroatoms. The fourth-order valence-corrected chi connectivity index (χ4v) is 1.46. The minimum atomic E-state index is -0.664. The number of aromatic nitrogens is 1. The number of primary amides is 1. The first-order valence-electron chi connectivity index (χ1n) is 3.53. The standard InChI is InChI=1S/C8H5BrN2O2/c9-4-2-1-3-5-6(4)11-8(13-5)7(10)12/h1-3H,(H2,10,12). The van der Waals surface area contributed by atoms with Crippen molar-refractivity contribution in [2.24, 2.45) is 5.73 Å². The van der Waals surface area contributed by atoms with E-state index >= 15 is 0 Å². The van der Waals surface area contributed by atoms with E-state index < -0.39 is 5.91 Å². The highest BCUT2D eigenvalue weighted by Crippen LogP contribution is 2.23. The summed E-state index contributed by atoms with van der Waals surface area (Å²) in [6, 6.07) is 5.33. The van der Waals surface area contributed by atoms with Gasteiger partial charge in [-0.25, -0.2) is 4.98 Å². The van der Waals surface area contributed by atoms with Crippen molar-refractivity contribution in [3.05, 3.63) is 28.6 Å². The van der Waals surface area contributed by atoms with Gasteiger partial charge in [0.2, 0.25) is 0 Å². The first kappa shape index (κ1) is 8.25. The highest BCUT2D eigenvalue weighted by molar-refractivity contribution is 9.10. The van der Waals surface area contributed by atoms with Gasteiger partial charge in [-0.3, -0.25) is 4.79 Å². The normalized spacial score (nSPS) is 10.5. The zero-order chi connectivity index (χ0) is 9.42. The molecule has 0 saturated heterocycles. The van der Waals surface area contributed by atoms with E-state index in [0.29, 0.717) is 11.1 Å². The predicted molar refractivity (Wildman–Crippen MR) is 50.2 cm³/mol. The van der Waals surface area contributed by atoms with Gasteiger partial charge in [0, 0.05) is 4.47 Å². The lowest BCUT2D eigenvalue weighted by atomic mass is 10.3. The highest BCUT2D eigenvalue weighted by Gasteiger charge is 2.11. The largest absolute Gasteiger partial charge is 0.432 e. The summed E-state index contributed by atoms with van der Waals surface area (Å²) in [4.78, 5) is 14.7. The molecule has 0 saturated carbocycles. The molecular weight excluding hydrogens is 236 g/mol. The van der Waals surface area contributed by atoms with Crippen LogP contribution in [-0.4, -0.2) is 10.9 Å². The Morgan fingerprint density at radius 3 is 2.92 bits per heavy atom. The molecule has 1 aromatic carbocycles. The smallest absolute Gasteiger partial charge is 0.304 e. The van der Waals surface area contributed by atoms with Crippen molar-refractivity contribution in [1.82, 2.24) is 4.98 Å². The van der Waals surface area contributed by atoms with Crippen LogP contribution >= 0.6 is 15.9 Å². The van der Waals surface area contributed by atoms with Crippen molar-refractivity contribution < 1.29 is 9.21 Å². The van der Waals surface area contributed by atoms with Crippen molar-refractivity contribution in [2.75, 3.05) is 0 Å². The molecule has 0 unspecified atom stereocenters. The number of para-hydroxylation sites is 1. The summed E-state index contributed by atoms with van der Waals surface area (Å²) in [6.45, 7) is 0. The maximum Gasteiger partial charge on any atom is 0.304 e. The molecule has 1 aromatic heterocycles. The highest BCUT2D eigenvalue weighted by atomic mass is 79.9. The van der Waals surface area contributed by atoms with Crippen LogP contribution in [0.15, 0.2) is 27.1 Å². The Balaban J connectivity index is 2.75. The first-order chi connectivity index (χ1) is 6.18. The number of nitrogens with two attached hydrogens (primary N) is 1. The van der Waals surface area contributed by atoms with E-state index in [-0.39, 0.29) is 5.89 Å². The average Bonchev–Trinajstić information content (AvgIpc) is 2.49. The Labute approximate surface area is 81.9 Å². The Kier molecular flexibility index (Phi) is 1.81. The average molecular weight is 241 g/mol. The second-order valence-electron chi connectivity index (χ2n) is 2.47. The molecule has 0 aliphatic heterocycles. The second kappa shape index (κ2) is 2.85. The molecule has 13 heavy (non-hydrogen) atoms. The monoisotopic (exact) mass is 240 g/mol. The number of benzene rings is 1. The van der Waals surface area contributed by atoms with Crippen LogP contribution in [0.3, 0.4) is 0 Å². The summed E-state index contributed by atoms with van der Waals surface area (Å²) in [5, 5.41) is 0. The Morgan fingerprint density at radius 1 is 1.54 bits per heavy atom. The molecule has 2 rings (SSSR count). The third-order valence-corrected chi connectivity index (χ3v) is 2.22. The summed E-state index contributed by atoms with van der Waals surface area (Å²) in [5.41, 5.74) is 6.17. The van der Waals surface area contributed by atoms with Crippen LogP contribution in [0, 0.1) is 0 Å². The number of rotatable bonds is 1. The maximum atomic E-state index is 10.7. The molecule has 66 valence electrons. The SMILES string of the molecule is NC(=O)c1nc2c(Br)cccc2o1. The van der Waals surface area contributed by atoms with Gasteiger partial charge in [-0.2, -0.15) is 0 Å². The molecule has 0 spiro atoms. The van der Waals surface area contributed by atoms with E-state index in [1.807, 2.05) is 6.07 Å². The Morgan fingerprint density at radius 2 is 2.31 bits per heavy atom. The van der Waals surface area contributed by atoms with E-state index in [9.17, 15) is 4.79 Å². The number of fused-ring (bicyclic) bond motifs is 1. The van der Waals surface area contributed by atoms with Crippen LogP contribution in [0.2, 0.25) is 0 Å². The number of carbonyl (C=O) groups is 1. The lowest BCUT2D eigenvalue weighted by Crippen LogP contribution is -2.10. The molecule has 2 aromatic rings. The van der Waals surface area contributed by atoms with Gasteiger partial charge in [0.1, 0.15) is 5.52 Å². The molecule has 1 heterocycles. The number of amides is 1. The van der Waals surface area contributed by atoms with Crippen molar-refractivity contribution in [3.8, 4) is 0 Å². The molecule has 0 atom stereocenters. The first-order valence-corrected chi connectivity index (χ1v) is 4.32. The number of hydrogen-bond acceptors (Lipinski definition) is 3. The summed E-state index contributed by atoms with van der Waals surface area (Å²) in [5.74, 6) is -0.731. The minimum absolute atomic E-state index is 0.0677. The van der Waals surface area contributed by atoms with Gasteiger partial charge in [-0.1, -0.05) is 6.07 Å². The van der Waals surface area contributed by atoms with Crippen molar-refractivity contribution in [3.63, 3.8) is 0 Å². The van der Waals surface area contributed by atoms with Gasteiger partial charge in [0.15, 0.2) is 5.58 Å². The van der Waals surface area contributed by atoms with Gasteiger partial charge < -0.3 is 10.2 Å². The maximum absolute atomic E-state index is 10.7. The van der Waals surface area contributed by atoms with Crippen LogP contribution in [0.5, 0.6) is 0 Å². The molecule has 0 radical (unpaired) electrons. The number of nitrogens with zero attached hydrogens (tertiary/aromatic N) is 1. The summed E-state index contributed by atoms with van der Waals surface area (Å²) in [7, 11) is 0. The molecule has 1 amide bonds. The van der Waals surface area contributed by atoms with E-state index in [4.69, 9.17) is 10.2 Å². The van der Waals surface area contributed by atoms with Gasteiger partial charge in [-0.15, -0.1) is 0 Å². The lowest BCUT2D eigenvalue weighted by Gasteiger charge is -1.86. The van der Waals surface area contributed by atoms with Gasteiger partial charge in [-0.05, 0) is 28.1 Å². The zero-order valence-electron chi connectivity index (χ0n) is 6.45. The Hall–Kier alpha value is -1.36. The minimum Gasteiger partial charge on any atom is -0.432 e. The van der Waals surface area contributed by atoms with Crippen molar-refractivity contribution in [1.29, 1.82) is 0 Å². The molecule has 0 aliphatic rings. The summed E-state index contributed by atoms with van der Waals surface area (Å²) < 4.78 is 5.87. The third kappa shape index (κ3) is 1.31. The van der Waals surface area contributed by atoms with E-state index in [1.54, 1.807) is 12.1 Å². The molecule has 4 nitrogen and oxygen atoms in total. The van der Waals surface area contributed by atoms with Crippen molar-refractivity contribution in [2.45, 2.75) is 0 Å². The molecule has 0 bridgehead atoms. The number of hydrogen-bond donors (Lipinski definition) is 1. The lowest BCUT2D eigenvalue weighted by molar-refractivity contribution is 0.0969. The van der Waals surface area contributed by atoms with Crippen LogP contribution in [-0.2, 0) is 0 Å². The fourth-order valence-electron chi connectivity index (χ4n) is 1.02. The van der Waals surface area contributed by atoms with Gasteiger partial charge in [0.05, 0.1) is 0 Å². The van der Waals surface area contributed by atoms with E-state index in [2.05, 4.69) is 20.9 Å². The number of carbonyl (C=O) groups excluding carboxylic acids is 1. The molecule has 0 fully saturated rings. The molecular formula is C8H5BrN2O2. The van der Waals surface area contributed by atoms with Crippen LogP contribution in [0.1, 0.15) is 10.7 Å². The van der Waals surface area contributed by atoms with Gasteiger partial charge in [0.25, 0.3) is 5.89 Å². The summed E-state index contributed by atoms with van der Waals surface area (Å²) >= 11 is 3.28. The van der Waals surface area contributed by atoms with E-state index in [1.165, 1.54) is 0 Å². The van der Waals surface area contributed by atoms with Crippen LogP contribution in [0.25, 0.3) is 11.1 Å². The summed E-state index contributed by atoms with van der Waals surface area (Å²) in [6.07, 6.45) is 0. The predicted octanol–water partition coefficient (Wildman–Crippen LogP) is 1.69. The zero-order valence-corrected chi connectivity index (χ0v) is 8.04. The van der Waals surface area contributed by atoms with Crippen LogP contribution in [0.4, 0.5) is 0 Å². The van der Waals surface area contributed by atoms with Crippen LogP contribution < -0.4 is 5.73 Å². The second-order valence-corrected chi connectivity index (χ2v) is 3.32. The van der Waals surface area contributed by atoms with Crippen molar-refractivity contribution >= 4 is 32.9 Å².